The van der Waals surface area contributed by atoms with Gasteiger partial charge in [-0.1, -0.05) is 6.07 Å². The Kier molecular flexibility index (Phi) is 3.76. The SMILES string of the molecule is O=C(O)c1cccc(Nc2nc(-c3ccc(O)cc3)cs2)c1. The number of aromatic carboxylic acids is 1. The Labute approximate surface area is 130 Å². The van der Waals surface area contributed by atoms with Crippen molar-refractivity contribution in [3.63, 3.8) is 0 Å². The van der Waals surface area contributed by atoms with Crippen LogP contribution in [0.3, 0.4) is 0 Å². The fourth-order valence-electron chi connectivity index (χ4n) is 1.95. The predicted molar refractivity (Wildman–Crippen MR) is 85.9 cm³/mol. The van der Waals surface area contributed by atoms with Crippen molar-refractivity contribution >= 4 is 28.1 Å². The Balaban J connectivity index is 1.81. The Morgan fingerprint density at radius 3 is 2.64 bits per heavy atom. The molecule has 0 fully saturated rings. The summed E-state index contributed by atoms with van der Waals surface area (Å²) in [5.74, 6) is -0.754. The van der Waals surface area contributed by atoms with Crippen molar-refractivity contribution in [3.05, 3.63) is 59.5 Å². The van der Waals surface area contributed by atoms with Gasteiger partial charge in [0.05, 0.1) is 11.3 Å². The molecule has 2 aromatic carbocycles. The maximum absolute atomic E-state index is 11.0. The molecule has 5 nitrogen and oxygen atoms in total. The van der Waals surface area contributed by atoms with Gasteiger partial charge in [0.15, 0.2) is 5.13 Å². The summed E-state index contributed by atoms with van der Waals surface area (Å²) in [5.41, 5.74) is 2.59. The summed E-state index contributed by atoms with van der Waals surface area (Å²) in [5, 5.41) is 24.0. The molecule has 3 aromatic rings. The first-order valence-corrected chi connectivity index (χ1v) is 7.35. The Morgan fingerprint density at radius 2 is 1.91 bits per heavy atom. The van der Waals surface area contributed by atoms with E-state index in [1.54, 1.807) is 42.5 Å². The number of phenolic OH excluding ortho intramolecular Hbond substituents is 1. The van der Waals surface area contributed by atoms with Gasteiger partial charge in [0.2, 0.25) is 0 Å². The maximum atomic E-state index is 11.0. The summed E-state index contributed by atoms with van der Waals surface area (Å²) < 4.78 is 0. The number of carbonyl (C=O) groups is 1. The lowest BCUT2D eigenvalue weighted by molar-refractivity contribution is 0.0697. The van der Waals surface area contributed by atoms with Gasteiger partial charge in [-0.3, -0.25) is 0 Å². The fraction of sp³-hybridized carbons (Fsp3) is 0. The number of aromatic nitrogens is 1. The minimum absolute atomic E-state index is 0.211. The fourth-order valence-corrected chi connectivity index (χ4v) is 2.69. The second-order valence-corrected chi connectivity index (χ2v) is 5.45. The number of hydrogen-bond donors (Lipinski definition) is 3. The largest absolute Gasteiger partial charge is 0.508 e. The summed E-state index contributed by atoms with van der Waals surface area (Å²) in [6, 6.07) is 13.4. The minimum Gasteiger partial charge on any atom is -0.508 e. The number of nitrogens with zero attached hydrogens (tertiary/aromatic N) is 1. The van der Waals surface area contributed by atoms with Gasteiger partial charge < -0.3 is 15.5 Å². The Morgan fingerprint density at radius 1 is 1.14 bits per heavy atom. The highest BCUT2D eigenvalue weighted by Crippen LogP contribution is 2.28. The zero-order valence-electron chi connectivity index (χ0n) is 11.4. The number of anilines is 2. The summed E-state index contributed by atoms with van der Waals surface area (Å²) in [6.45, 7) is 0. The van der Waals surface area contributed by atoms with Crippen LogP contribution in [-0.2, 0) is 0 Å². The van der Waals surface area contributed by atoms with Crippen LogP contribution in [0, 0.1) is 0 Å². The first kappa shape index (κ1) is 14.1. The highest BCUT2D eigenvalue weighted by molar-refractivity contribution is 7.14. The van der Waals surface area contributed by atoms with E-state index in [0.29, 0.717) is 10.8 Å². The lowest BCUT2D eigenvalue weighted by Gasteiger charge is -2.03. The predicted octanol–water partition coefficient (Wildman–Crippen LogP) is 3.96. The van der Waals surface area contributed by atoms with E-state index in [2.05, 4.69) is 10.3 Å². The van der Waals surface area contributed by atoms with Crippen molar-refractivity contribution in [2.45, 2.75) is 0 Å². The van der Waals surface area contributed by atoms with E-state index in [1.807, 2.05) is 5.38 Å². The Bertz CT molecular complexity index is 812. The van der Waals surface area contributed by atoms with Crippen LogP contribution in [0.1, 0.15) is 10.4 Å². The molecule has 0 aliphatic rings. The lowest BCUT2D eigenvalue weighted by atomic mass is 10.2. The second-order valence-electron chi connectivity index (χ2n) is 4.60. The normalized spacial score (nSPS) is 10.4. The monoisotopic (exact) mass is 312 g/mol. The summed E-state index contributed by atoms with van der Waals surface area (Å²) in [4.78, 5) is 15.4. The molecule has 0 saturated carbocycles. The number of rotatable bonds is 4. The average Bonchev–Trinajstić information content (AvgIpc) is 2.96. The number of carboxylic acids is 1. The van der Waals surface area contributed by atoms with Crippen molar-refractivity contribution in [3.8, 4) is 17.0 Å². The topological polar surface area (TPSA) is 82.5 Å². The van der Waals surface area contributed by atoms with Crippen LogP contribution in [0.2, 0.25) is 0 Å². The standard InChI is InChI=1S/C16H12N2O3S/c19-13-6-4-10(5-7-13)14-9-22-16(18-14)17-12-3-1-2-11(8-12)15(20)21/h1-9,19H,(H,17,18)(H,20,21). The van der Waals surface area contributed by atoms with Gasteiger partial charge in [0.1, 0.15) is 5.75 Å². The van der Waals surface area contributed by atoms with Crippen LogP contribution >= 0.6 is 11.3 Å². The summed E-state index contributed by atoms with van der Waals surface area (Å²) in [7, 11) is 0. The van der Waals surface area contributed by atoms with Gasteiger partial charge in [-0.15, -0.1) is 11.3 Å². The van der Waals surface area contributed by atoms with E-state index in [0.717, 1.165) is 11.3 Å². The van der Waals surface area contributed by atoms with Gasteiger partial charge in [0.25, 0.3) is 0 Å². The molecule has 0 aliphatic heterocycles. The molecule has 0 amide bonds. The second kappa shape index (κ2) is 5.87. The molecular formula is C16H12N2O3S. The van der Waals surface area contributed by atoms with E-state index < -0.39 is 5.97 Å². The van der Waals surface area contributed by atoms with Crippen molar-refractivity contribution in [2.75, 3.05) is 5.32 Å². The number of benzene rings is 2. The highest BCUT2D eigenvalue weighted by Gasteiger charge is 2.07. The number of aromatic hydroxyl groups is 1. The van der Waals surface area contributed by atoms with Crippen molar-refractivity contribution < 1.29 is 15.0 Å². The molecule has 0 unspecified atom stereocenters. The molecule has 0 radical (unpaired) electrons. The average molecular weight is 312 g/mol. The van der Waals surface area contributed by atoms with Gasteiger partial charge in [-0.05, 0) is 42.5 Å². The number of thiazole rings is 1. The first-order chi connectivity index (χ1) is 10.6. The molecule has 0 atom stereocenters. The molecule has 3 rings (SSSR count). The highest BCUT2D eigenvalue weighted by atomic mass is 32.1. The van der Waals surface area contributed by atoms with Gasteiger partial charge in [-0.2, -0.15) is 0 Å². The van der Waals surface area contributed by atoms with Crippen molar-refractivity contribution in [1.82, 2.24) is 4.98 Å². The van der Waals surface area contributed by atoms with Crippen LogP contribution in [-0.4, -0.2) is 21.2 Å². The van der Waals surface area contributed by atoms with Gasteiger partial charge in [0, 0.05) is 16.6 Å². The van der Waals surface area contributed by atoms with Crippen LogP contribution in [0.5, 0.6) is 5.75 Å². The third kappa shape index (κ3) is 3.07. The number of nitrogens with one attached hydrogen (secondary N) is 1. The molecule has 110 valence electrons. The zero-order chi connectivity index (χ0) is 15.5. The third-order valence-corrected chi connectivity index (χ3v) is 3.79. The van der Waals surface area contributed by atoms with Gasteiger partial charge >= 0.3 is 5.97 Å². The number of carboxylic acid groups (broad SMARTS) is 1. The molecule has 0 saturated heterocycles. The molecule has 0 spiro atoms. The van der Waals surface area contributed by atoms with Crippen molar-refractivity contribution in [2.24, 2.45) is 0 Å². The molecule has 3 N–H and O–H groups in total. The van der Waals surface area contributed by atoms with E-state index >= 15 is 0 Å². The van der Waals surface area contributed by atoms with E-state index in [-0.39, 0.29) is 11.3 Å². The third-order valence-electron chi connectivity index (χ3n) is 3.03. The molecular weight excluding hydrogens is 300 g/mol. The van der Waals surface area contributed by atoms with Crippen LogP contribution in [0.25, 0.3) is 11.3 Å². The summed E-state index contributed by atoms with van der Waals surface area (Å²) in [6.07, 6.45) is 0. The lowest BCUT2D eigenvalue weighted by Crippen LogP contribution is -1.97. The molecule has 1 heterocycles. The van der Waals surface area contributed by atoms with E-state index in [9.17, 15) is 9.90 Å². The number of phenols is 1. The van der Waals surface area contributed by atoms with Crippen LogP contribution in [0.4, 0.5) is 10.8 Å². The zero-order valence-corrected chi connectivity index (χ0v) is 12.2. The molecule has 22 heavy (non-hydrogen) atoms. The van der Waals surface area contributed by atoms with Crippen LogP contribution < -0.4 is 5.32 Å². The minimum atomic E-state index is -0.965. The van der Waals surface area contributed by atoms with Crippen LogP contribution in [0.15, 0.2) is 53.9 Å². The number of hydrogen-bond acceptors (Lipinski definition) is 5. The first-order valence-electron chi connectivity index (χ1n) is 6.47. The molecule has 0 bridgehead atoms. The van der Waals surface area contributed by atoms with Crippen molar-refractivity contribution in [1.29, 1.82) is 0 Å². The van der Waals surface area contributed by atoms with Gasteiger partial charge in [-0.25, -0.2) is 9.78 Å². The molecule has 6 heteroatoms. The molecule has 1 aromatic heterocycles. The molecule has 0 aliphatic carbocycles. The van der Waals surface area contributed by atoms with E-state index in [4.69, 9.17) is 5.11 Å². The smallest absolute Gasteiger partial charge is 0.335 e. The quantitative estimate of drug-likeness (QED) is 0.679. The Hall–Kier alpha value is -2.86. The maximum Gasteiger partial charge on any atom is 0.335 e. The van der Waals surface area contributed by atoms with E-state index in [1.165, 1.54) is 17.4 Å². The summed E-state index contributed by atoms with van der Waals surface area (Å²) >= 11 is 1.43.